The van der Waals surface area contributed by atoms with Crippen LogP contribution in [0.5, 0.6) is 11.5 Å². The number of aromatic nitrogens is 2. The lowest BCUT2D eigenvalue weighted by molar-refractivity contribution is 0.102. The molecule has 0 aliphatic heterocycles. The van der Waals surface area contributed by atoms with Gasteiger partial charge in [-0.15, -0.1) is 5.10 Å². The molecule has 0 aliphatic rings. The van der Waals surface area contributed by atoms with E-state index in [1.807, 2.05) is 0 Å². The number of rotatable bonds is 8. The number of methoxy groups -OCH3 is 2. The Balaban J connectivity index is 1.52. The number of benzene rings is 3. The van der Waals surface area contributed by atoms with E-state index in [4.69, 9.17) is 13.9 Å². The molecule has 0 fully saturated rings. The summed E-state index contributed by atoms with van der Waals surface area (Å²) in [5.74, 6) is 0.766. The highest BCUT2D eigenvalue weighted by Crippen LogP contribution is 2.25. The predicted octanol–water partition coefficient (Wildman–Crippen LogP) is 3.81. The molecule has 1 heterocycles. The van der Waals surface area contributed by atoms with Crippen LogP contribution < -0.4 is 19.5 Å². The van der Waals surface area contributed by atoms with Gasteiger partial charge in [-0.05, 0) is 60.7 Å². The summed E-state index contributed by atoms with van der Waals surface area (Å²) >= 11 is 0. The molecular formula is C23H20N4O6S. The maximum absolute atomic E-state index is 12.9. The molecule has 174 valence electrons. The minimum atomic E-state index is -3.95. The van der Waals surface area contributed by atoms with E-state index in [1.54, 1.807) is 43.5 Å². The lowest BCUT2D eigenvalue weighted by Gasteiger charge is -2.12. The Kier molecular flexibility index (Phi) is 6.46. The highest BCUT2D eigenvalue weighted by Gasteiger charge is 2.20. The second-order valence-corrected chi connectivity index (χ2v) is 8.60. The molecule has 34 heavy (non-hydrogen) atoms. The molecule has 1 aromatic heterocycles. The van der Waals surface area contributed by atoms with Crippen molar-refractivity contribution in [2.45, 2.75) is 4.90 Å². The number of anilines is 2. The van der Waals surface area contributed by atoms with E-state index in [9.17, 15) is 13.2 Å². The van der Waals surface area contributed by atoms with Crippen molar-refractivity contribution in [2.24, 2.45) is 0 Å². The highest BCUT2D eigenvalue weighted by molar-refractivity contribution is 7.92. The summed E-state index contributed by atoms with van der Waals surface area (Å²) in [7, 11) is -0.906. The molecule has 0 atom stereocenters. The molecule has 3 aromatic carbocycles. The lowest BCUT2D eigenvalue weighted by Crippen LogP contribution is -2.18. The molecule has 1 amide bonds. The molecule has 4 rings (SSSR count). The minimum absolute atomic E-state index is 0.0181. The monoisotopic (exact) mass is 480 g/mol. The van der Waals surface area contributed by atoms with Crippen LogP contribution in [-0.2, 0) is 10.0 Å². The maximum atomic E-state index is 12.9. The molecule has 11 heteroatoms. The van der Waals surface area contributed by atoms with Crippen molar-refractivity contribution in [3.63, 3.8) is 0 Å². The fourth-order valence-corrected chi connectivity index (χ4v) is 4.10. The van der Waals surface area contributed by atoms with Gasteiger partial charge in [0.15, 0.2) is 0 Å². The number of para-hydroxylation sites is 1. The number of nitrogens with zero attached hydrogens (tertiary/aromatic N) is 2. The summed E-state index contributed by atoms with van der Waals surface area (Å²) in [5.41, 5.74) is 0.802. The van der Waals surface area contributed by atoms with Crippen LogP contribution in [0, 0.1) is 0 Å². The molecule has 0 spiro atoms. The predicted molar refractivity (Wildman–Crippen MR) is 124 cm³/mol. The van der Waals surface area contributed by atoms with Crippen LogP contribution in [0.25, 0.3) is 11.5 Å². The van der Waals surface area contributed by atoms with Gasteiger partial charge in [0.25, 0.3) is 15.9 Å². The van der Waals surface area contributed by atoms with E-state index in [0.29, 0.717) is 17.1 Å². The van der Waals surface area contributed by atoms with Gasteiger partial charge in [-0.1, -0.05) is 17.2 Å². The Morgan fingerprint density at radius 3 is 2.12 bits per heavy atom. The van der Waals surface area contributed by atoms with Crippen LogP contribution in [-0.4, -0.2) is 38.7 Å². The molecule has 10 nitrogen and oxygen atoms in total. The number of hydrogen-bond acceptors (Lipinski definition) is 8. The first kappa shape index (κ1) is 22.8. The number of carbonyl (C=O) groups excluding carboxylic acids is 1. The van der Waals surface area contributed by atoms with Crippen LogP contribution >= 0.6 is 0 Å². The van der Waals surface area contributed by atoms with Crippen LogP contribution in [0.2, 0.25) is 0 Å². The highest BCUT2D eigenvalue weighted by atomic mass is 32.2. The summed E-state index contributed by atoms with van der Waals surface area (Å²) in [6.07, 6.45) is 0. The first-order chi connectivity index (χ1) is 16.4. The topological polar surface area (TPSA) is 133 Å². The van der Waals surface area contributed by atoms with Crippen molar-refractivity contribution >= 4 is 27.6 Å². The Labute approximate surface area is 195 Å². The number of hydrogen-bond donors (Lipinski definition) is 2. The number of amides is 1. The summed E-state index contributed by atoms with van der Waals surface area (Å²) in [6.45, 7) is 0. The fraction of sp³-hybridized carbons (Fsp3) is 0.0870. The van der Waals surface area contributed by atoms with E-state index in [2.05, 4.69) is 20.2 Å². The van der Waals surface area contributed by atoms with Gasteiger partial charge in [0.1, 0.15) is 11.5 Å². The van der Waals surface area contributed by atoms with Crippen molar-refractivity contribution in [1.29, 1.82) is 0 Å². The Morgan fingerprint density at radius 1 is 0.853 bits per heavy atom. The summed E-state index contributed by atoms with van der Waals surface area (Å²) in [6, 6.07) is 18.9. The Bertz CT molecular complexity index is 1400. The number of nitrogens with one attached hydrogen (secondary N) is 2. The smallest absolute Gasteiger partial charge is 0.322 e. The fourth-order valence-electron chi connectivity index (χ4n) is 3.02. The van der Waals surface area contributed by atoms with Crippen LogP contribution in [0.4, 0.5) is 11.7 Å². The number of carbonyl (C=O) groups is 1. The van der Waals surface area contributed by atoms with Gasteiger partial charge in [0, 0.05) is 5.56 Å². The molecule has 0 unspecified atom stereocenters. The Morgan fingerprint density at radius 2 is 1.47 bits per heavy atom. The molecule has 0 saturated heterocycles. The summed E-state index contributed by atoms with van der Waals surface area (Å²) in [4.78, 5) is 12.9. The second kappa shape index (κ2) is 9.63. The molecular weight excluding hydrogens is 460 g/mol. The first-order valence-corrected chi connectivity index (χ1v) is 11.4. The SMILES string of the molecule is COc1ccc(-c2nnc(NC(=O)c3ccccc3NS(=O)(=O)c3ccc(OC)cc3)o2)cc1. The van der Waals surface area contributed by atoms with Crippen LogP contribution in [0.1, 0.15) is 10.4 Å². The van der Waals surface area contributed by atoms with Gasteiger partial charge < -0.3 is 13.9 Å². The Hall–Kier alpha value is -4.38. The third kappa shape index (κ3) is 4.99. The van der Waals surface area contributed by atoms with Gasteiger partial charge in [-0.25, -0.2) is 8.42 Å². The van der Waals surface area contributed by atoms with Crippen molar-refractivity contribution in [3.05, 3.63) is 78.4 Å². The zero-order valence-corrected chi connectivity index (χ0v) is 19.0. The number of sulfonamides is 1. The van der Waals surface area contributed by atoms with E-state index in [0.717, 1.165) is 0 Å². The van der Waals surface area contributed by atoms with Crippen LogP contribution in [0.15, 0.2) is 82.1 Å². The molecule has 0 bridgehead atoms. The standard InChI is InChI=1S/C23H20N4O6S/c1-31-16-9-7-15(8-10-16)22-25-26-23(33-22)24-21(28)19-5-3-4-6-20(19)27-34(29,30)18-13-11-17(32-2)12-14-18/h3-14,27H,1-2H3,(H,24,26,28). The third-order valence-electron chi connectivity index (χ3n) is 4.77. The molecule has 2 N–H and O–H groups in total. The van der Waals surface area contributed by atoms with Crippen LogP contribution in [0.3, 0.4) is 0 Å². The van der Waals surface area contributed by atoms with Gasteiger partial charge >= 0.3 is 6.01 Å². The van der Waals surface area contributed by atoms with E-state index < -0.39 is 15.9 Å². The average Bonchev–Trinajstić information content (AvgIpc) is 3.32. The van der Waals surface area contributed by atoms with Gasteiger partial charge in [-0.2, -0.15) is 0 Å². The van der Waals surface area contributed by atoms with Gasteiger partial charge in [0.2, 0.25) is 5.89 Å². The molecule has 0 aliphatic carbocycles. The molecule has 4 aromatic rings. The van der Waals surface area contributed by atoms with E-state index in [1.165, 1.54) is 43.5 Å². The quantitative estimate of drug-likeness (QED) is 0.389. The average molecular weight is 481 g/mol. The molecule has 0 radical (unpaired) electrons. The van der Waals surface area contributed by atoms with E-state index >= 15 is 0 Å². The zero-order valence-electron chi connectivity index (χ0n) is 18.2. The normalized spacial score (nSPS) is 11.0. The molecule has 0 saturated carbocycles. The summed E-state index contributed by atoms with van der Waals surface area (Å²) in [5, 5.41) is 10.3. The third-order valence-corrected chi connectivity index (χ3v) is 6.15. The van der Waals surface area contributed by atoms with Gasteiger partial charge in [0.05, 0.1) is 30.4 Å². The summed E-state index contributed by atoms with van der Waals surface area (Å²) < 4.78 is 43.7. The van der Waals surface area contributed by atoms with E-state index in [-0.39, 0.29) is 28.1 Å². The van der Waals surface area contributed by atoms with Gasteiger partial charge in [-0.3, -0.25) is 14.8 Å². The zero-order chi connectivity index (χ0) is 24.1. The second-order valence-electron chi connectivity index (χ2n) is 6.92. The first-order valence-electron chi connectivity index (χ1n) is 9.95. The minimum Gasteiger partial charge on any atom is -0.497 e. The van der Waals surface area contributed by atoms with Crippen molar-refractivity contribution < 1.29 is 27.1 Å². The largest absolute Gasteiger partial charge is 0.497 e. The van der Waals surface area contributed by atoms with Crippen molar-refractivity contribution in [3.8, 4) is 23.0 Å². The maximum Gasteiger partial charge on any atom is 0.322 e. The number of ether oxygens (including phenoxy) is 2. The lowest BCUT2D eigenvalue weighted by atomic mass is 10.2. The van der Waals surface area contributed by atoms with Crippen molar-refractivity contribution in [2.75, 3.05) is 24.3 Å². The van der Waals surface area contributed by atoms with Crippen molar-refractivity contribution in [1.82, 2.24) is 10.2 Å².